The fourth-order valence-corrected chi connectivity index (χ4v) is 2.90. The minimum Gasteiger partial charge on any atom is -0.474 e. The summed E-state index contributed by atoms with van der Waals surface area (Å²) in [4.78, 5) is 2.00. The second-order valence-electron chi connectivity index (χ2n) is 6.91. The van der Waals surface area contributed by atoms with Crippen LogP contribution in [0.4, 0.5) is 0 Å². The molecule has 1 aromatic rings. The lowest BCUT2D eigenvalue weighted by molar-refractivity contribution is 0.0360. The molecule has 0 radical (unpaired) electrons. The van der Waals surface area contributed by atoms with Gasteiger partial charge in [0.2, 0.25) is 11.3 Å². The second-order valence-corrected chi connectivity index (χ2v) is 7.64. The molecule has 1 aromatic carbocycles. The quantitative estimate of drug-likeness (QED) is 0.468. The average Bonchev–Trinajstić information content (AvgIpc) is 2.42. The minimum absolute atomic E-state index is 0.214. The first kappa shape index (κ1) is 20.6. The van der Waals surface area contributed by atoms with Crippen molar-refractivity contribution in [3.63, 3.8) is 0 Å². The van der Waals surface area contributed by atoms with E-state index in [1.807, 2.05) is 70.1 Å². The molecule has 0 bridgehead atoms. The number of rotatable bonds is 9. The van der Waals surface area contributed by atoms with E-state index in [2.05, 4.69) is 16.6 Å². The third kappa shape index (κ3) is 7.92. The molecule has 0 aromatic heterocycles. The van der Waals surface area contributed by atoms with Crippen molar-refractivity contribution in [3.8, 4) is 0 Å². The van der Waals surface area contributed by atoms with Crippen LogP contribution in [0.1, 0.15) is 32.4 Å². The van der Waals surface area contributed by atoms with Crippen LogP contribution in [0, 0.1) is 0 Å². The molecule has 0 saturated heterocycles. The Labute approximate surface area is 147 Å². The fourth-order valence-electron chi connectivity index (χ4n) is 2.39. The van der Waals surface area contributed by atoms with Gasteiger partial charge >= 0.3 is 0 Å². The third-order valence-corrected chi connectivity index (χ3v) is 3.58. The molecule has 3 atom stereocenters. The molecule has 0 aliphatic heterocycles. The maximum absolute atomic E-state index is 11.4. The summed E-state index contributed by atoms with van der Waals surface area (Å²) in [6.07, 6.45) is 0. The first-order valence-corrected chi connectivity index (χ1v) is 8.90. The van der Waals surface area contributed by atoms with Crippen molar-refractivity contribution >= 4 is 11.3 Å². The highest BCUT2D eigenvalue weighted by Gasteiger charge is 2.27. The molecule has 0 heterocycles. The molecule has 1 rings (SSSR count). The lowest BCUT2D eigenvalue weighted by atomic mass is 10.00. The molecule has 24 heavy (non-hydrogen) atoms. The number of nitrogens with one attached hydrogen (secondary N) is 2. The Kier molecular flexibility index (Phi) is 7.89. The molecule has 0 fully saturated rings. The summed E-state index contributed by atoms with van der Waals surface area (Å²) in [5.41, 5.74) is 0.533. The number of nitrogens with zero attached hydrogens (tertiary/aromatic N) is 1. The van der Waals surface area contributed by atoms with Gasteiger partial charge in [0, 0.05) is 6.54 Å². The van der Waals surface area contributed by atoms with Crippen LogP contribution >= 0.6 is 0 Å². The summed E-state index contributed by atoms with van der Waals surface area (Å²) in [6.45, 7) is 10.4. The van der Waals surface area contributed by atoms with Gasteiger partial charge in [-0.05, 0) is 47.0 Å². The highest BCUT2D eigenvalue weighted by molar-refractivity contribution is 7.77. The molecule has 136 valence electrons. The van der Waals surface area contributed by atoms with Gasteiger partial charge < -0.3 is 15.0 Å². The molecule has 1 unspecified atom stereocenters. The third-order valence-electron chi connectivity index (χ3n) is 3.13. The molecule has 0 amide bonds. The van der Waals surface area contributed by atoms with Crippen LogP contribution in [0.15, 0.2) is 42.8 Å². The molecule has 7 heteroatoms. The van der Waals surface area contributed by atoms with Crippen LogP contribution in [0.2, 0.25) is 0 Å². The van der Waals surface area contributed by atoms with Crippen molar-refractivity contribution in [2.75, 3.05) is 20.6 Å². The van der Waals surface area contributed by atoms with E-state index in [0.717, 1.165) is 5.56 Å². The van der Waals surface area contributed by atoms with E-state index in [-0.39, 0.29) is 17.7 Å². The predicted octanol–water partition coefficient (Wildman–Crippen LogP) is 2.26. The van der Waals surface area contributed by atoms with Gasteiger partial charge in [-0.25, -0.2) is 8.93 Å². The SMILES string of the molecule is C=C(N[C@H](CN(C)C)[C@@H](NS(=O)O)c1ccccc1)OC(C)(C)C. The van der Waals surface area contributed by atoms with Gasteiger partial charge in [0.15, 0.2) is 5.88 Å². The van der Waals surface area contributed by atoms with Crippen LogP contribution in [0.25, 0.3) is 0 Å². The van der Waals surface area contributed by atoms with Gasteiger partial charge in [0.25, 0.3) is 0 Å². The van der Waals surface area contributed by atoms with Crippen LogP contribution in [-0.4, -0.2) is 45.9 Å². The summed E-state index contributed by atoms with van der Waals surface area (Å²) < 4.78 is 29.2. The van der Waals surface area contributed by atoms with Crippen LogP contribution in [-0.2, 0) is 16.0 Å². The number of hydrogen-bond acceptors (Lipinski definition) is 4. The van der Waals surface area contributed by atoms with Crippen LogP contribution in [0.5, 0.6) is 0 Å². The van der Waals surface area contributed by atoms with E-state index in [9.17, 15) is 8.76 Å². The van der Waals surface area contributed by atoms with Gasteiger partial charge in [0.05, 0.1) is 12.1 Å². The Balaban J connectivity index is 3.03. The molecular formula is C17H29N3O3S. The predicted molar refractivity (Wildman–Crippen MR) is 98.5 cm³/mol. The molecule has 0 aliphatic rings. The maximum Gasteiger partial charge on any atom is 0.232 e. The van der Waals surface area contributed by atoms with E-state index in [0.29, 0.717) is 12.4 Å². The average molecular weight is 356 g/mol. The normalized spacial score (nSPS) is 15.6. The zero-order valence-electron chi connectivity index (χ0n) is 15.1. The Morgan fingerprint density at radius 2 is 1.92 bits per heavy atom. The summed E-state index contributed by atoms with van der Waals surface area (Å²) >= 11 is -2.14. The van der Waals surface area contributed by atoms with E-state index in [4.69, 9.17) is 4.74 Å². The lowest BCUT2D eigenvalue weighted by Crippen LogP contribution is -2.48. The second kappa shape index (κ2) is 9.17. The number of likely N-dealkylation sites (N-methyl/N-ethyl adjacent to an activating group) is 1. The van der Waals surface area contributed by atoms with Gasteiger partial charge in [-0.2, -0.15) is 0 Å². The summed E-state index contributed by atoms with van der Waals surface area (Å²) in [5, 5.41) is 3.24. The smallest absolute Gasteiger partial charge is 0.232 e. The molecule has 6 nitrogen and oxygen atoms in total. The number of hydrogen-bond donors (Lipinski definition) is 3. The van der Waals surface area contributed by atoms with Gasteiger partial charge in [-0.1, -0.05) is 30.3 Å². The first-order valence-electron chi connectivity index (χ1n) is 7.79. The van der Waals surface area contributed by atoms with E-state index >= 15 is 0 Å². The van der Waals surface area contributed by atoms with Crippen molar-refractivity contribution in [2.45, 2.75) is 38.5 Å². The summed E-state index contributed by atoms with van der Waals surface area (Å²) in [5.74, 6) is 0.431. The largest absolute Gasteiger partial charge is 0.474 e. The van der Waals surface area contributed by atoms with Crippen molar-refractivity contribution in [1.82, 2.24) is 14.9 Å². The summed E-state index contributed by atoms with van der Waals surface area (Å²) in [6, 6.07) is 8.94. The van der Waals surface area contributed by atoms with E-state index in [1.165, 1.54) is 0 Å². The molecule has 0 saturated carbocycles. The standard InChI is InChI=1S/C17H29N3O3S/c1-13(23-17(2,3)4)18-15(12-20(5)6)16(19-24(21)22)14-10-8-7-9-11-14/h7-11,15-16,18-19H,1,12H2,2-6H3,(H,21,22)/t15-,16+/m1/s1. The van der Waals surface area contributed by atoms with Crippen LogP contribution < -0.4 is 10.0 Å². The summed E-state index contributed by atoms with van der Waals surface area (Å²) in [7, 11) is 3.89. The molecule has 0 aliphatic carbocycles. The maximum atomic E-state index is 11.4. The lowest BCUT2D eigenvalue weighted by Gasteiger charge is -2.33. The Morgan fingerprint density at radius 3 is 2.38 bits per heavy atom. The van der Waals surface area contributed by atoms with Crippen molar-refractivity contribution in [2.24, 2.45) is 0 Å². The molecule has 3 N–H and O–H groups in total. The highest BCUT2D eigenvalue weighted by atomic mass is 32.2. The van der Waals surface area contributed by atoms with Crippen molar-refractivity contribution < 1.29 is 13.5 Å². The van der Waals surface area contributed by atoms with Crippen molar-refractivity contribution in [1.29, 1.82) is 0 Å². The monoisotopic (exact) mass is 355 g/mol. The van der Waals surface area contributed by atoms with Gasteiger partial charge in [-0.15, -0.1) is 0 Å². The Morgan fingerprint density at radius 1 is 1.33 bits per heavy atom. The van der Waals surface area contributed by atoms with E-state index < -0.39 is 11.3 Å². The van der Waals surface area contributed by atoms with Gasteiger partial charge in [0.1, 0.15) is 5.60 Å². The zero-order chi connectivity index (χ0) is 18.3. The Bertz CT molecular complexity index is 544. The first-order chi connectivity index (χ1) is 11.1. The molecule has 0 spiro atoms. The topological polar surface area (TPSA) is 73.8 Å². The molecular weight excluding hydrogens is 326 g/mol. The van der Waals surface area contributed by atoms with Gasteiger partial charge in [-0.3, -0.25) is 4.55 Å². The fraction of sp³-hybridized carbons (Fsp3) is 0.529. The minimum atomic E-state index is -2.14. The number of benzene rings is 1. The van der Waals surface area contributed by atoms with Crippen molar-refractivity contribution in [3.05, 3.63) is 48.4 Å². The van der Waals surface area contributed by atoms with E-state index in [1.54, 1.807) is 0 Å². The highest BCUT2D eigenvalue weighted by Crippen LogP contribution is 2.20. The number of ether oxygens (including phenoxy) is 1. The van der Waals surface area contributed by atoms with Crippen LogP contribution in [0.3, 0.4) is 0 Å². The Hall–Kier alpha value is -1.41. The zero-order valence-corrected chi connectivity index (χ0v) is 15.9.